The second-order valence-corrected chi connectivity index (χ2v) is 6.52. The first-order chi connectivity index (χ1) is 6.99. The van der Waals surface area contributed by atoms with Crippen molar-refractivity contribution in [3.05, 3.63) is 11.6 Å². The van der Waals surface area contributed by atoms with Crippen LogP contribution in [0.4, 0.5) is 0 Å². The second kappa shape index (κ2) is 5.66. The van der Waals surface area contributed by atoms with E-state index < -0.39 is 15.9 Å². The summed E-state index contributed by atoms with van der Waals surface area (Å²) in [5.74, 6) is -0.140. The molecule has 1 rings (SSSR count). The van der Waals surface area contributed by atoms with Crippen molar-refractivity contribution in [2.75, 3.05) is 12.0 Å². The molecule has 88 valence electrons. The van der Waals surface area contributed by atoms with Crippen LogP contribution in [-0.2, 0) is 9.84 Å². The minimum atomic E-state index is -3.08. The predicted molar refractivity (Wildman–Crippen MR) is 61.5 cm³/mol. The number of hydrogen-bond acceptors (Lipinski definition) is 3. The first-order valence-electron chi connectivity index (χ1n) is 5.54. The van der Waals surface area contributed by atoms with Gasteiger partial charge >= 0.3 is 0 Å². The van der Waals surface area contributed by atoms with Gasteiger partial charge in [0.05, 0.1) is 11.9 Å². The summed E-state index contributed by atoms with van der Waals surface area (Å²) in [6.45, 7) is 0. The maximum absolute atomic E-state index is 11.1. The van der Waals surface area contributed by atoms with Gasteiger partial charge in [-0.15, -0.1) is 0 Å². The summed E-state index contributed by atoms with van der Waals surface area (Å²) in [4.78, 5) is 0. The third-order valence-corrected chi connectivity index (χ3v) is 3.64. The summed E-state index contributed by atoms with van der Waals surface area (Å²) in [6.07, 6.45) is 8.84. The SMILES string of the molecule is CS(=O)(=O)CC(O)C1=CCCCCCC1. The van der Waals surface area contributed by atoms with Crippen molar-refractivity contribution in [1.82, 2.24) is 0 Å². The van der Waals surface area contributed by atoms with E-state index in [1.807, 2.05) is 6.08 Å². The van der Waals surface area contributed by atoms with Gasteiger partial charge in [-0.05, 0) is 31.3 Å². The van der Waals surface area contributed by atoms with Crippen molar-refractivity contribution < 1.29 is 13.5 Å². The van der Waals surface area contributed by atoms with Gasteiger partial charge in [0.2, 0.25) is 0 Å². The monoisotopic (exact) mass is 232 g/mol. The van der Waals surface area contributed by atoms with Gasteiger partial charge in [0.25, 0.3) is 0 Å². The average molecular weight is 232 g/mol. The molecule has 3 nitrogen and oxygen atoms in total. The third kappa shape index (κ3) is 5.33. The molecule has 4 heteroatoms. The van der Waals surface area contributed by atoms with Crippen molar-refractivity contribution >= 4 is 9.84 Å². The van der Waals surface area contributed by atoms with Crippen LogP contribution in [0.1, 0.15) is 38.5 Å². The van der Waals surface area contributed by atoms with E-state index in [0.717, 1.165) is 31.3 Å². The molecular formula is C11H20O3S. The molecule has 1 N–H and O–H groups in total. The highest BCUT2D eigenvalue weighted by atomic mass is 32.2. The van der Waals surface area contributed by atoms with Crippen LogP contribution in [0.3, 0.4) is 0 Å². The van der Waals surface area contributed by atoms with Crippen molar-refractivity contribution in [2.45, 2.75) is 44.6 Å². The van der Waals surface area contributed by atoms with Crippen molar-refractivity contribution in [1.29, 1.82) is 0 Å². The molecule has 0 saturated carbocycles. The van der Waals surface area contributed by atoms with Gasteiger partial charge in [-0.1, -0.05) is 18.9 Å². The van der Waals surface area contributed by atoms with Gasteiger partial charge < -0.3 is 5.11 Å². The Bertz CT molecular complexity index is 317. The summed E-state index contributed by atoms with van der Waals surface area (Å²) >= 11 is 0. The summed E-state index contributed by atoms with van der Waals surface area (Å²) in [6, 6.07) is 0. The molecule has 1 aliphatic carbocycles. The van der Waals surface area contributed by atoms with E-state index in [9.17, 15) is 13.5 Å². The Labute approximate surface area is 92.1 Å². The Balaban J connectivity index is 2.59. The molecule has 0 radical (unpaired) electrons. The fraction of sp³-hybridized carbons (Fsp3) is 0.818. The lowest BCUT2D eigenvalue weighted by atomic mass is 9.97. The van der Waals surface area contributed by atoms with Gasteiger partial charge in [0.1, 0.15) is 9.84 Å². The lowest BCUT2D eigenvalue weighted by Crippen LogP contribution is -2.22. The maximum atomic E-state index is 11.1. The molecule has 0 aliphatic heterocycles. The molecule has 0 bridgehead atoms. The molecule has 1 atom stereocenters. The number of hydrogen-bond donors (Lipinski definition) is 1. The normalized spacial score (nSPS) is 21.3. The van der Waals surface area contributed by atoms with Crippen LogP contribution >= 0.6 is 0 Å². The zero-order valence-electron chi connectivity index (χ0n) is 9.28. The molecule has 15 heavy (non-hydrogen) atoms. The number of sulfone groups is 1. The van der Waals surface area contributed by atoms with E-state index in [-0.39, 0.29) is 5.75 Å². The van der Waals surface area contributed by atoms with Gasteiger partial charge in [-0.25, -0.2) is 8.42 Å². The number of aliphatic hydroxyl groups is 1. The van der Waals surface area contributed by atoms with Gasteiger partial charge in [-0.2, -0.15) is 0 Å². The molecular weight excluding hydrogens is 212 g/mol. The van der Waals surface area contributed by atoms with E-state index in [1.165, 1.54) is 19.1 Å². The summed E-state index contributed by atoms with van der Waals surface area (Å²) in [5.41, 5.74) is 0.917. The van der Waals surface area contributed by atoms with E-state index in [1.54, 1.807) is 0 Å². The topological polar surface area (TPSA) is 54.4 Å². The van der Waals surface area contributed by atoms with Crippen molar-refractivity contribution in [2.24, 2.45) is 0 Å². The zero-order valence-corrected chi connectivity index (χ0v) is 10.1. The number of aliphatic hydroxyl groups excluding tert-OH is 1. The van der Waals surface area contributed by atoms with Crippen molar-refractivity contribution in [3.8, 4) is 0 Å². The average Bonchev–Trinajstić information content (AvgIpc) is 1.98. The largest absolute Gasteiger partial charge is 0.388 e. The Morgan fingerprint density at radius 1 is 1.33 bits per heavy atom. The Hall–Kier alpha value is -0.350. The molecule has 0 heterocycles. The second-order valence-electron chi connectivity index (χ2n) is 4.34. The Kier molecular flexibility index (Phi) is 4.80. The molecule has 0 aromatic rings. The number of allylic oxidation sites excluding steroid dienone is 1. The first-order valence-corrected chi connectivity index (χ1v) is 7.60. The Morgan fingerprint density at radius 3 is 2.67 bits per heavy atom. The zero-order chi connectivity index (χ0) is 11.3. The standard InChI is InChI=1S/C11H20O3S/c1-15(13,14)9-11(12)10-7-5-3-2-4-6-8-10/h7,11-12H,2-6,8-9H2,1H3. The quantitative estimate of drug-likeness (QED) is 0.753. The lowest BCUT2D eigenvalue weighted by Gasteiger charge is -2.16. The molecule has 0 fully saturated rings. The highest BCUT2D eigenvalue weighted by Gasteiger charge is 2.17. The van der Waals surface area contributed by atoms with Crippen LogP contribution in [0.5, 0.6) is 0 Å². The molecule has 0 saturated heterocycles. The van der Waals surface area contributed by atoms with Crippen LogP contribution in [0.25, 0.3) is 0 Å². The van der Waals surface area contributed by atoms with Crippen LogP contribution < -0.4 is 0 Å². The highest BCUT2D eigenvalue weighted by Crippen LogP contribution is 2.20. The summed E-state index contributed by atoms with van der Waals surface area (Å²) in [7, 11) is -3.08. The van der Waals surface area contributed by atoms with E-state index in [0.29, 0.717) is 0 Å². The van der Waals surface area contributed by atoms with Crippen molar-refractivity contribution in [3.63, 3.8) is 0 Å². The molecule has 0 aromatic heterocycles. The van der Waals surface area contributed by atoms with Crippen LogP contribution in [-0.4, -0.2) is 31.6 Å². The fourth-order valence-corrected chi connectivity index (χ4v) is 2.70. The molecule has 0 aromatic carbocycles. The van der Waals surface area contributed by atoms with Crippen LogP contribution in [0.15, 0.2) is 11.6 Å². The molecule has 0 spiro atoms. The minimum absolute atomic E-state index is 0.140. The predicted octanol–water partition coefficient (Wildman–Crippen LogP) is 1.67. The van der Waals surface area contributed by atoms with E-state index in [2.05, 4.69) is 0 Å². The van der Waals surface area contributed by atoms with E-state index >= 15 is 0 Å². The number of rotatable bonds is 3. The first kappa shape index (κ1) is 12.7. The Morgan fingerprint density at radius 2 is 2.00 bits per heavy atom. The molecule has 0 amide bonds. The minimum Gasteiger partial charge on any atom is -0.388 e. The fourth-order valence-electron chi connectivity index (χ4n) is 1.91. The van der Waals surface area contributed by atoms with Gasteiger partial charge in [0, 0.05) is 6.26 Å². The van der Waals surface area contributed by atoms with Gasteiger partial charge in [-0.3, -0.25) is 0 Å². The third-order valence-electron chi connectivity index (χ3n) is 2.71. The molecule has 1 aliphatic rings. The lowest BCUT2D eigenvalue weighted by molar-refractivity contribution is 0.227. The highest BCUT2D eigenvalue weighted by molar-refractivity contribution is 7.90. The van der Waals surface area contributed by atoms with Crippen LogP contribution in [0.2, 0.25) is 0 Å². The summed E-state index contributed by atoms with van der Waals surface area (Å²) < 4.78 is 22.1. The van der Waals surface area contributed by atoms with Gasteiger partial charge in [0.15, 0.2) is 0 Å². The molecule has 1 unspecified atom stereocenters. The maximum Gasteiger partial charge on any atom is 0.150 e. The smallest absolute Gasteiger partial charge is 0.150 e. The van der Waals surface area contributed by atoms with E-state index in [4.69, 9.17) is 0 Å². The van der Waals surface area contributed by atoms with Crippen LogP contribution in [0, 0.1) is 0 Å². The summed E-state index contributed by atoms with van der Waals surface area (Å²) in [5, 5.41) is 9.78.